The Morgan fingerprint density at radius 1 is 1.20 bits per heavy atom. The van der Waals surface area contributed by atoms with E-state index < -0.39 is 5.91 Å². The molecule has 0 unspecified atom stereocenters. The maximum atomic E-state index is 12.3. The first-order chi connectivity index (χ1) is 9.63. The molecule has 2 amide bonds. The number of hydrogen-bond acceptors (Lipinski definition) is 4. The third kappa shape index (κ3) is 1.67. The van der Waals surface area contributed by atoms with Gasteiger partial charge in [0.15, 0.2) is 0 Å². The largest absolute Gasteiger partial charge is 0.398 e. The monoisotopic (exact) mass is 267 g/mol. The molecule has 1 aromatic carbocycles. The number of rotatable bonds is 2. The summed E-state index contributed by atoms with van der Waals surface area (Å²) in [5, 5.41) is 0. The molecule has 0 saturated heterocycles. The molecule has 0 aliphatic carbocycles. The molecule has 2 N–H and O–H groups in total. The van der Waals surface area contributed by atoms with Crippen molar-refractivity contribution < 1.29 is 9.59 Å². The Bertz CT molecular complexity index is 690. The third-order valence-corrected chi connectivity index (χ3v) is 3.42. The second-order valence-electron chi connectivity index (χ2n) is 4.58. The van der Waals surface area contributed by atoms with Crippen LogP contribution in [0.2, 0.25) is 0 Å². The van der Waals surface area contributed by atoms with Gasteiger partial charge in [0.25, 0.3) is 11.8 Å². The van der Waals surface area contributed by atoms with Gasteiger partial charge >= 0.3 is 0 Å². The minimum atomic E-state index is -0.408. The van der Waals surface area contributed by atoms with Crippen LogP contribution in [-0.4, -0.2) is 16.8 Å². The predicted molar refractivity (Wildman–Crippen MR) is 75.6 cm³/mol. The molecule has 5 heteroatoms. The summed E-state index contributed by atoms with van der Waals surface area (Å²) in [4.78, 5) is 29.7. The number of carbonyl (C=O) groups is 2. The smallest absolute Gasteiger partial charge is 0.284 e. The molecule has 2 heterocycles. The molecule has 100 valence electrons. The maximum Gasteiger partial charge on any atom is 0.284 e. The second kappa shape index (κ2) is 4.45. The zero-order chi connectivity index (χ0) is 14.3. The van der Waals surface area contributed by atoms with Gasteiger partial charge in [-0.05, 0) is 36.2 Å². The molecule has 0 radical (unpaired) electrons. The Morgan fingerprint density at radius 2 is 2.00 bits per heavy atom. The number of imide groups is 1. The molecule has 20 heavy (non-hydrogen) atoms. The Balaban J connectivity index is 2.07. The first kappa shape index (κ1) is 12.3. The molecular weight excluding hydrogens is 254 g/mol. The van der Waals surface area contributed by atoms with Gasteiger partial charge < -0.3 is 5.73 Å². The zero-order valence-electron chi connectivity index (χ0n) is 11.0. The Kier molecular flexibility index (Phi) is 2.75. The van der Waals surface area contributed by atoms with Crippen LogP contribution in [0.1, 0.15) is 33.3 Å². The number of nitrogens with zero attached hydrogens (tertiary/aromatic N) is 2. The number of aromatic nitrogens is 1. The van der Waals surface area contributed by atoms with Gasteiger partial charge in [0.05, 0.1) is 11.3 Å². The number of amides is 2. The average Bonchev–Trinajstić information content (AvgIpc) is 2.71. The number of carbonyl (C=O) groups excluding carboxylic acids is 2. The summed E-state index contributed by atoms with van der Waals surface area (Å²) in [5.74, 6) is -0.768. The summed E-state index contributed by atoms with van der Waals surface area (Å²) in [6.07, 6.45) is 2.30. The molecule has 1 aliphatic heterocycles. The lowest BCUT2D eigenvalue weighted by atomic mass is 10.1. The van der Waals surface area contributed by atoms with E-state index in [-0.39, 0.29) is 11.6 Å². The van der Waals surface area contributed by atoms with Gasteiger partial charge in [-0.15, -0.1) is 0 Å². The van der Waals surface area contributed by atoms with Crippen molar-refractivity contribution in [2.24, 2.45) is 0 Å². The van der Waals surface area contributed by atoms with Crippen molar-refractivity contribution in [3.63, 3.8) is 0 Å². The summed E-state index contributed by atoms with van der Waals surface area (Å²) in [6, 6.07) is 8.47. The average molecular weight is 267 g/mol. The van der Waals surface area contributed by atoms with E-state index in [1.165, 1.54) is 6.20 Å². The number of anilines is 2. The number of aryl methyl sites for hydroxylation is 1. The summed E-state index contributed by atoms with van der Waals surface area (Å²) in [5.41, 5.74) is 8.50. The molecule has 0 atom stereocenters. The van der Waals surface area contributed by atoms with Gasteiger partial charge in [-0.25, -0.2) is 4.90 Å². The van der Waals surface area contributed by atoms with Crippen LogP contribution in [0.5, 0.6) is 0 Å². The quantitative estimate of drug-likeness (QED) is 0.667. The molecule has 0 saturated carbocycles. The molecule has 3 rings (SSSR count). The van der Waals surface area contributed by atoms with Crippen molar-refractivity contribution in [1.82, 2.24) is 4.98 Å². The van der Waals surface area contributed by atoms with Crippen LogP contribution in [0, 0.1) is 0 Å². The van der Waals surface area contributed by atoms with Gasteiger partial charge in [-0.2, -0.15) is 0 Å². The van der Waals surface area contributed by atoms with Crippen LogP contribution >= 0.6 is 0 Å². The van der Waals surface area contributed by atoms with Crippen molar-refractivity contribution in [3.05, 3.63) is 53.3 Å². The summed E-state index contributed by atoms with van der Waals surface area (Å²) in [7, 11) is 0. The molecular formula is C15H13N3O2. The topological polar surface area (TPSA) is 76.3 Å². The zero-order valence-corrected chi connectivity index (χ0v) is 11.0. The normalized spacial score (nSPS) is 13.8. The lowest BCUT2D eigenvalue weighted by molar-refractivity contribution is 0.0925. The molecule has 1 aliphatic rings. The number of nitrogens with two attached hydrogens (primary N) is 1. The van der Waals surface area contributed by atoms with Crippen LogP contribution in [-0.2, 0) is 6.42 Å². The molecule has 0 fully saturated rings. The van der Waals surface area contributed by atoms with E-state index in [9.17, 15) is 9.59 Å². The fourth-order valence-corrected chi connectivity index (χ4v) is 2.34. The van der Waals surface area contributed by atoms with Crippen LogP contribution in [0.25, 0.3) is 0 Å². The van der Waals surface area contributed by atoms with E-state index in [4.69, 9.17) is 5.73 Å². The van der Waals surface area contributed by atoms with E-state index in [1.54, 1.807) is 24.3 Å². The number of hydrogen-bond donors (Lipinski definition) is 1. The van der Waals surface area contributed by atoms with Gasteiger partial charge in [-0.1, -0.05) is 13.0 Å². The van der Waals surface area contributed by atoms with Gasteiger partial charge in [-0.3, -0.25) is 14.6 Å². The van der Waals surface area contributed by atoms with Gasteiger partial charge in [0.1, 0.15) is 5.69 Å². The minimum Gasteiger partial charge on any atom is -0.398 e. The molecule has 2 aromatic rings. The van der Waals surface area contributed by atoms with Crippen LogP contribution in [0.4, 0.5) is 11.4 Å². The summed E-state index contributed by atoms with van der Waals surface area (Å²) < 4.78 is 0. The highest BCUT2D eigenvalue weighted by atomic mass is 16.2. The van der Waals surface area contributed by atoms with Crippen molar-refractivity contribution in [2.75, 3.05) is 10.6 Å². The van der Waals surface area contributed by atoms with E-state index in [0.29, 0.717) is 16.9 Å². The van der Waals surface area contributed by atoms with E-state index in [2.05, 4.69) is 4.98 Å². The standard InChI is InChI=1S/C15H13N3O2/c1-2-9-5-6-10(8-12(9)16)18-14(19)11-4-3-7-17-13(11)15(18)20/h3-8H,2,16H2,1H3. The Labute approximate surface area is 116 Å². The van der Waals surface area contributed by atoms with Gasteiger partial charge in [0.2, 0.25) is 0 Å². The predicted octanol–water partition coefficient (Wildman–Crippen LogP) is 2.03. The number of nitrogen functional groups attached to an aromatic ring is 1. The lowest BCUT2D eigenvalue weighted by Crippen LogP contribution is -2.29. The SMILES string of the molecule is CCc1ccc(N2C(=O)c3cccnc3C2=O)cc1N. The first-order valence-electron chi connectivity index (χ1n) is 6.35. The van der Waals surface area contributed by atoms with Crippen LogP contribution in [0.15, 0.2) is 36.5 Å². The maximum absolute atomic E-state index is 12.3. The number of benzene rings is 1. The van der Waals surface area contributed by atoms with Crippen molar-refractivity contribution in [3.8, 4) is 0 Å². The highest BCUT2D eigenvalue weighted by molar-refractivity contribution is 6.33. The first-order valence-corrected chi connectivity index (χ1v) is 6.35. The van der Waals surface area contributed by atoms with Gasteiger partial charge in [0, 0.05) is 11.9 Å². The van der Waals surface area contributed by atoms with E-state index in [1.807, 2.05) is 13.0 Å². The fraction of sp³-hybridized carbons (Fsp3) is 0.133. The van der Waals surface area contributed by atoms with Crippen molar-refractivity contribution in [1.29, 1.82) is 0 Å². The van der Waals surface area contributed by atoms with E-state index >= 15 is 0 Å². The highest BCUT2D eigenvalue weighted by Gasteiger charge is 2.37. The highest BCUT2D eigenvalue weighted by Crippen LogP contribution is 2.29. The molecule has 5 nitrogen and oxygen atoms in total. The van der Waals surface area contributed by atoms with Crippen molar-refractivity contribution in [2.45, 2.75) is 13.3 Å². The Hall–Kier alpha value is -2.69. The molecule has 0 bridgehead atoms. The van der Waals surface area contributed by atoms with Crippen LogP contribution < -0.4 is 10.6 Å². The second-order valence-corrected chi connectivity index (χ2v) is 4.58. The fourth-order valence-electron chi connectivity index (χ4n) is 2.34. The van der Waals surface area contributed by atoms with Crippen molar-refractivity contribution >= 4 is 23.2 Å². The molecule has 1 aromatic heterocycles. The number of fused-ring (bicyclic) bond motifs is 1. The Morgan fingerprint density at radius 3 is 2.65 bits per heavy atom. The summed E-state index contributed by atoms with van der Waals surface area (Å²) in [6.45, 7) is 2.00. The summed E-state index contributed by atoms with van der Waals surface area (Å²) >= 11 is 0. The number of pyridine rings is 1. The third-order valence-electron chi connectivity index (χ3n) is 3.42. The molecule has 0 spiro atoms. The minimum absolute atomic E-state index is 0.190. The lowest BCUT2D eigenvalue weighted by Gasteiger charge is -2.15. The van der Waals surface area contributed by atoms with Crippen LogP contribution in [0.3, 0.4) is 0 Å². The van der Waals surface area contributed by atoms with E-state index in [0.717, 1.165) is 16.9 Å².